The van der Waals surface area contributed by atoms with Crippen LogP contribution < -0.4 is 10.4 Å². The van der Waals surface area contributed by atoms with Gasteiger partial charge in [-0.05, 0) is 53.9 Å². The zero-order chi connectivity index (χ0) is 17.9. The summed E-state index contributed by atoms with van der Waals surface area (Å²) < 4.78 is 7.08. The topological polar surface area (TPSA) is 9.23 Å². The molecule has 25 heavy (non-hydrogen) atoms. The van der Waals surface area contributed by atoms with Crippen LogP contribution >= 0.6 is 0 Å². The maximum atomic E-state index is 7.08. The van der Waals surface area contributed by atoms with Crippen molar-refractivity contribution in [1.29, 1.82) is 0 Å². The van der Waals surface area contributed by atoms with E-state index in [1.807, 2.05) is 0 Å². The highest BCUT2D eigenvalue weighted by Gasteiger charge is 2.40. The largest absolute Gasteiger partial charge is 0.405 e. The van der Waals surface area contributed by atoms with Gasteiger partial charge in [0.15, 0.2) is 0 Å². The van der Waals surface area contributed by atoms with Crippen molar-refractivity contribution in [3.63, 3.8) is 0 Å². The van der Waals surface area contributed by atoms with Crippen molar-refractivity contribution < 1.29 is 4.43 Å². The Morgan fingerprint density at radius 1 is 0.880 bits per heavy atom. The lowest BCUT2D eigenvalue weighted by Gasteiger charge is -2.41. The summed E-state index contributed by atoms with van der Waals surface area (Å²) in [6.45, 7) is 9.49. The van der Waals surface area contributed by atoms with Crippen LogP contribution in [0.25, 0.3) is 0 Å². The van der Waals surface area contributed by atoms with E-state index in [1.165, 1.54) is 29.6 Å². The second-order valence-corrected chi connectivity index (χ2v) is 11.7. The standard InChI is InChI=1S/C23H32OSi/c1-18(2)20-16-15-19(3)23(17-20)24-25(4,21-11-7-5-8-12-21)22-13-9-6-10-14-22/h5-14,18-20,23H,15-17H2,1-4H3/t19-,20-,23+/m0/s1. The molecule has 2 heteroatoms. The summed E-state index contributed by atoms with van der Waals surface area (Å²) in [4.78, 5) is 0. The van der Waals surface area contributed by atoms with Crippen molar-refractivity contribution in [1.82, 2.24) is 0 Å². The van der Waals surface area contributed by atoms with Crippen LogP contribution in [0.1, 0.15) is 40.0 Å². The van der Waals surface area contributed by atoms with E-state index >= 15 is 0 Å². The Morgan fingerprint density at radius 3 is 1.88 bits per heavy atom. The molecule has 0 saturated heterocycles. The second kappa shape index (κ2) is 7.88. The van der Waals surface area contributed by atoms with Crippen LogP contribution in [0.5, 0.6) is 0 Å². The van der Waals surface area contributed by atoms with Gasteiger partial charge in [-0.3, -0.25) is 0 Å². The van der Waals surface area contributed by atoms with Gasteiger partial charge in [-0.25, -0.2) is 0 Å². The summed E-state index contributed by atoms with van der Waals surface area (Å²) in [5.74, 6) is 2.19. The van der Waals surface area contributed by atoms with Gasteiger partial charge in [-0.1, -0.05) is 81.4 Å². The Morgan fingerprint density at radius 2 is 1.40 bits per heavy atom. The van der Waals surface area contributed by atoms with Crippen molar-refractivity contribution in [3.05, 3.63) is 60.7 Å². The lowest BCUT2D eigenvalue weighted by atomic mass is 9.76. The molecule has 1 nitrogen and oxygen atoms in total. The van der Waals surface area contributed by atoms with Gasteiger partial charge in [0.25, 0.3) is 8.32 Å². The molecule has 0 aromatic heterocycles. The van der Waals surface area contributed by atoms with Crippen LogP contribution in [-0.2, 0) is 4.43 Å². The fourth-order valence-electron chi connectivity index (χ4n) is 4.20. The molecule has 0 heterocycles. The molecule has 2 aromatic rings. The average molecular weight is 353 g/mol. The zero-order valence-electron chi connectivity index (χ0n) is 16.1. The molecule has 0 unspecified atom stereocenters. The van der Waals surface area contributed by atoms with E-state index in [0.29, 0.717) is 12.0 Å². The predicted molar refractivity (Wildman–Crippen MR) is 110 cm³/mol. The molecule has 1 aliphatic carbocycles. The highest BCUT2D eigenvalue weighted by atomic mass is 28.4. The van der Waals surface area contributed by atoms with Gasteiger partial charge in [0.2, 0.25) is 0 Å². The van der Waals surface area contributed by atoms with E-state index in [0.717, 1.165) is 11.8 Å². The molecule has 134 valence electrons. The van der Waals surface area contributed by atoms with Gasteiger partial charge in [0.1, 0.15) is 0 Å². The Balaban J connectivity index is 1.93. The van der Waals surface area contributed by atoms with Gasteiger partial charge in [-0.15, -0.1) is 0 Å². The summed E-state index contributed by atoms with van der Waals surface area (Å²) in [7, 11) is -2.20. The number of rotatable bonds is 5. The second-order valence-electron chi connectivity index (χ2n) is 8.22. The molecule has 0 N–H and O–H groups in total. The van der Waals surface area contributed by atoms with Crippen molar-refractivity contribution >= 4 is 18.7 Å². The molecular weight excluding hydrogens is 320 g/mol. The van der Waals surface area contributed by atoms with Crippen LogP contribution in [0, 0.1) is 17.8 Å². The molecule has 1 fully saturated rings. The molecule has 2 aromatic carbocycles. The van der Waals surface area contributed by atoms with E-state index in [9.17, 15) is 0 Å². The minimum atomic E-state index is -2.20. The van der Waals surface area contributed by atoms with Gasteiger partial charge in [0.05, 0.1) is 0 Å². The lowest BCUT2D eigenvalue weighted by molar-refractivity contribution is 0.0576. The molecule has 0 amide bonds. The average Bonchev–Trinajstić information content (AvgIpc) is 2.64. The van der Waals surface area contributed by atoms with E-state index in [2.05, 4.69) is 88.0 Å². The minimum absolute atomic E-state index is 0.373. The summed E-state index contributed by atoms with van der Waals surface area (Å²) >= 11 is 0. The first kappa shape index (κ1) is 18.4. The van der Waals surface area contributed by atoms with Crippen molar-refractivity contribution in [2.45, 2.75) is 52.7 Å². The maximum absolute atomic E-state index is 7.08. The van der Waals surface area contributed by atoms with E-state index in [4.69, 9.17) is 4.43 Å². The van der Waals surface area contributed by atoms with Gasteiger partial charge < -0.3 is 4.43 Å². The zero-order valence-corrected chi connectivity index (χ0v) is 17.1. The Bertz CT molecular complexity index is 613. The van der Waals surface area contributed by atoms with E-state index in [-0.39, 0.29) is 0 Å². The van der Waals surface area contributed by atoms with E-state index < -0.39 is 8.32 Å². The highest BCUT2D eigenvalue weighted by molar-refractivity contribution is 6.96. The van der Waals surface area contributed by atoms with Crippen LogP contribution in [0.2, 0.25) is 6.55 Å². The molecule has 1 saturated carbocycles. The molecule has 0 spiro atoms. The van der Waals surface area contributed by atoms with Crippen LogP contribution in [-0.4, -0.2) is 14.4 Å². The Kier molecular flexibility index (Phi) is 5.80. The number of hydrogen-bond donors (Lipinski definition) is 0. The first-order chi connectivity index (χ1) is 12.0. The molecule has 0 aliphatic heterocycles. The lowest BCUT2D eigenvalue weighted by Crippen LogP contribution is -2.61. The third-order valence-corrected chi connectivity index (χ3v) is 9.79. The quantitative estimate of drug-likeness (QED) is 0.699. The van der Waals surface area contributed by atoms with Crippen LogP contribution in [0.15, 0.2) is 60.7 Å². The monoisotopic (exact) mass is 352 g/mol. The molecule has 1 aliphatic rings. The number of hydrogen-bond acceptors (Lipinski definition) is 1. The first-order valence-corrected chi connectivity index (χ1v) is 12.2. The predicted octanol–water partition coefficient (Wildman–Crippen LogP) is 4.85. The van der Waals surface area contributed by atoms with Crippen molar-refractivity contribution in [3.8, 4) is 0 Å². The smallest absolute Gasteiger partial charge is 0.253 e. The van der Waals surface area contributed by atoms with Gasteiger partial charge in [0, 0.05) is 6.10 Å². The van der Waals surface area contributed by atoms with Crippen LogP contribution in [0.4, 0.5) is 0 Å². The molecule has 3 rings (SSSR count). The molecular formula is C23H32OSi. The fourth-order valence-corrected chi connectivity index (χ4v) is 7.40. The maximum Gasteiger partial charge on any atom is 0.253 e. The van der Waals surface area contributed by atoms with Gasteiger partial charge >= 0.3 is 0 Å². The molecule has 0 bridgehead atoms. The molecule has 0 radical (unpaired) electrons. The minimum Gasteiger partial charge on any atom is -0.405 e. The number of benzene rings is 2. The Labute approximate surface area is 154 Å². The van der Waals surface area contributed by atoms with E-state index in [1.54, 1.807) is 0 Å². The molecule has 3 atom stereocenters. The third-order valence-electron chi connectivity index (χ3n) is 6.14. The highest BCUT2D eigenvalue weighted by Crippen LogP contribution is 2.36. The van der Waals surface area contributed by atoms with Crippen molar-refractivity contribution in [2.24, 2.45) is 17.8 Å². The van der Waals surface area contributed by atoms with Crippen molar-refractivity contribution in [2.75, 3.05) is 0 Å². The SMILES string of the molecule is CC(C)[C@H]1CC[C@H](C)[C@H](O[Si](C)(c2ccccc2)c2ccccc2)C1. The Hall–Kier alpha value is -1.38. The summed E-state index contributed by atoms with van der Waals surface area (Å²) in [5, 5.41) is 2.75. The van der Waals surface area contributed by atoms with Gasteiger partial charge in [-0.2, -0.15) is 0 Å². The third kappa shape index (κ3) is 4.07. The fraction of sp³-hybridized carbons (Fsp3) is 0.478. The summed E-state index contributed by atoms with van der Waals surface area (Å²) in [6, 6.07) is 21.8. The summed E-state index contributed by atoms with van der Waals surface area (Å²) in [6.07, 6.45) is 4.23. The first-order valence-electron chi connectivity index (χ1n) is 9.79. The summed E-state index contributed by atoms with van der Waals surface area (Å²) in [5.41, 5.74) is 0. The normalized spacial score (nSPS) is 24.4. The van der Waals surface area contributed by atoms with Crippen LogP contribution in [0.3, 0.4) is 0 Å².